The summed E-state index contributed by atoms with van der Waals surface area (Å²) in [6.45, 7) is 10.8. The highest BCUT2D eigenvalue weighted by atomic mass is 32.4. The molecule has 29 heavy (non-hydrogen) atoms. The Morgan fingerprint density at radius 3 is 2.24 bits per heavy atom. The molecule has 6 heteroatoms. The van der Waals surface area contributed by atoms with E-state index in [0.29, 0.717) is 0 Å². The number of benzene rings is 2. The van der Waals surface area contributed by atoms with Crippen molar-refractivity contribution in [1.82, 2.24) is 4.67 Å². The quantitative estimate of drug-likeness (QED) is 0.580. The van der Waals surface area contributed by atoms with E-state index in [-0.39, 0.29) is 5.41 Å². The third kappa shape index (κ3) is 2.91. The maximum atomic E-state index is 6.57. The molecule has 4 rings (SSSR count). The second-order valence-electron chi connectivity index (χ2n) is 7.99. The number of likely N-dealkylation sites (N-methyl/N-ethyl adjacent to an activating group) is 1. The van der Waals surface area contributed by atoms with Crippen molar-refractivity contribution in [2.24, 2.45) is 5.10 Å². The van der Waals surface area contributed by atoms with Crippen molar-refractivity contribution in [3.63, 3.8) is 0 Å². The molecule has 152 valence electrons. The van der Waals surface area contributed by atoms with Gasteiger partial charge in [-0.3, -0.25) is 4.67 Å². The summed E-state index contributed by atoms with van der Waals surface area (Å²) in [6, 6.07) is 19.0. The van der Waals surface area contributed by atoms with Gasteiger partial charge in [0.2, 0.25) is 0 Å². The van der Waals surface area contributed by atoms with Crippen molar-refractivity contribution in [3.05, 3.63) is 71.2 Å². The molecule has 4 nitrogen and oxygen atoms in total. The molecular weight excluding hydrogens is 395 g/mol. The molecule has 0 radical (unpaired) electrons. The second kappa shape index (κ2) is 7.39. The normalized spacial score (nSPS) is 25.2. The zero-order valence-electron chi connectivity index (χ0n) is 17.8. The number of allylic oxidation sites excluding steroid dienone is 2. The topological polar surface area (TPSA) is 22.1 Å². The van der Waals surface area contributed by atoms with E-state index in [0.717, 1.165) is 18.8 Å². The Balaban J connectivity index is 1.96. The van der Waals surface area contributed by atoms with Crippen LogP contribution in [-0.2, 0) is 17.2 Å². The summed E-state index contributed by atoms with van der Waals surface area (Å²) in [7, 11) is 2.16. The lowest BCUT2D eigenvalue weighted by molar-refractivity contribution is 0.506. The predicted molar refractivity (Wildman–Crippen MR) is 130 cm³/mol. The third-order valence-corrected chi connectivity index (χ3v) is 11.0. The molecule has 0 N–H and O–H groups in total. The number of anilines is 2. The molecule has 2 aromatic rings. The molecule has 2 heterocycles. The van der Waals surface area contributed by atoms with Crippen molar-refractivity contribution < 1.29 is 0 Å². The molecule has 0 aliphatic carbocycles. The van der Waals surface area contributed by atoms with Gasteiger partial charge in [-0.15, -0.1) is 0 Å². The second-order valence-corrected chi connectivity index (χ2v) is 12.0. The fourth-order valence-electron chi connectivity index (χ4n) is 4.67. The first-order valence-corrected chi connectivity index (χ1v) is 12.9. The van der Waals surface area contributed by atoms with Crippen molar-refractivity contribution in [2.45, 2.75) is 33.1 Å². The van der Waals surface area contributed by atoms with E-state index in [9.17, 15) is 0 Å². The summed E-state index contributed by atoms with van der Waals surface area (Å²) in [5, 5.41) is 6.09. The van der Waals surface area contributed by atoms with Gasteiger partial charge < -0.3 is 4.90 Å². The third-order valence-electron chi connectivity index (χ3n) is 6.07. The van der Waals surface area contributed by atoms with Crippen LogP contribution in [0.3, 0.4) is 0 Å². The maximum Gasteiger partial charge on any atom is 0.154 e. The molecule has 0 fully saturated rings. The first-order valence-electron chi connectivity index (χ1n) is 10.2. The van der Waals surface area contributed by atoms with Crippen molar-refractivity contribution in [1.29, 1.82) is 0 Å². The molecule has 0 spiro atoms. The van der Waals surface area contributed by atoms with Gasteiger partial charge in [-0.05, 0) is 23.8 Å². The number of rotatable bonds is 4. The Labute approximate surface area is 179 Å². The van der Waals surface area contributed by atoms with Crippen LogP contribution in [0.4, 0.5) is 11.4 Å². The van der Waals surface area contributed by atoms with Crippen molar-refractivity contribution in [2.75, 3.05) is 29.8 Å². The minimum Gasteiger partial charge on any atom is -0.346 e. The smallest absolute Gasteiger partial charge is 0.154 e. The van der Waals surface area contributed by atoms with Crippen LogP contribution in [0.5, 0.6) is 0 Å². The molecule has 2 aliphatic rings. The Hall–Kier alpha value is -1.94. The number of nitrogens with zero attached hydrogens (tertiary/aromatic N) is 4. The lowest BCUT2D eigenvalue weighted by atomic mass is 9.84. The molecule has 2 aromatic carbocycles. The molecule has 0 saturated heterocycles. The fraction of sp³-hybridized carbons (Fsp3) is 0.348. The molecule has 0 bridgehead atoms. The summed E-state index contributed by atoms with van der Waals surface area (Å²) in [5.74, 6) is 0. The number of hydrazone groups is 1. The first kappa shape index (κ1) is 20.3. The van der Waals surface area contributed by atoms with Crippen LogP contribution in [-0.4, -0.2) is 31.0 Å². The average molecular weight is 425 g/mol. The van der Waals surface area contributed by atoms with Crippen LogP contribution < -0.4 is 9.68 Å². The highest BCUT2D eigenvalue weighted by Gasteiger charge is 2.47. The highest BCUT2D eigenvalue weighted by molar-refractivity contribution is 8.16. The van der Waals surface area contributed by atoms with E-state index >= 15 is 0 Å². The van der Waals surface area contributed by atoms with Crippen LogP contribution in [0, 0.1) is 0 Å². The molecule has 1 atom stereocenters. The maximum absolute atomic E-state index is 6.57. The molecular formula is C23H29N4PS. The Kier molecular flexibility index (Phi) is 5.18. The average Bonchev–Trinajstić information content (AvgIpc) is 3.16. The SMILES string of the molecule is CCN(CC)P1(=S)/C(=C2\N(C)c3ccccc3C2(C)C)C=NN1c1ccccc1. The predicted octanol–water partition coefficient (Wildman–Crippen LogP) is 5.78. The highest BCUT2D eigenvalue weighted by Crippen LogP contribution is 2.67. The van der Waals surface area contributed by atoms with Gasteiger partial charge in [0.25, 0.3) is 0 Å². The summed E-state index contributed by atoms with van der Waals surface area (Å²) in [4.78, 5) is 2.33. The van der Waals surface area contributed by atoms with Gasteiger partial charge in [0.05, 0.1) is 17.2 Å². The van der Waals surface area contributed by atoms with E-state index in [1.165, 1.54) is 22.3 Å². The molecule has 0 aromatic heterocycles. The van der Waals surface area contributed by atoms with Crippen LogP contribution in [0.15, 0.2) is 70.7 Å². The van der Waals surface area contributed by atoms with E-state index < -0.39 is 6.34 Å². The summed E-state index contributed by atoms with van der Waals surface area (Å²) < 4.78 is 4.54. The van der Waals surface area contributed by atoms with Crippen molar-refractivity contribution >= 4 is 35.7 Å². The monoisotopic (exact) mass is 424 g/mol. The minimum absolute atomic E-state index is 0.128. The standard InChI is InChI=1S/C23H29N4PS/c1-6-26(7-2)28(29)21(17-24-27(28)18-13-9-8-10-14-18)22-23(3,4)19-15-11-12-16-20(19)25(22)5/h8-17H,6-7H2,1-5H3/b22-21-. The minimum atomic E-state index is -2.30. The number of para-hydroxylation sites is 2. The van der Waals surface area contributed by atoms with E-state index in [1.807, 2.05) is 12.3 Å². The largest absolute Gasteiger partial charge is 0.346 e. The first-order chi connectivity index (χ1) is 13.9. The lowest BCUT2D eigenvalue weighted by Gasteiger charge is -2.39. The summed E-state index contributed by atoms with van der Waals surface area (Å²) in [5.41, 5.74) is 4.81. The van der Waals surface area contributed by atoms with Crippen LogP contribution in [0.2, 0.25) is 0 Å². The van der Waals surface area contributed by atoms with Gasteiger partial charge in [-0.2, -0.15) is 5.10 Å². The molecule has 1 unspecified atom stereocenters. The molecule has 0 saturated carbocycles. The summed E-state index contributed by atoms with van der Waals surface area (Å²) in [6.07, 6.45) is -0.268. The van der Waals surface area contributed by atoms with Gasteiger partial charge >= 0.3 is 0 Å². The Bertz CT molecular complexity index is 1020. The Morgan fingerprint density at radius 1 is 1.00 bits per heavy atom. The van der Waals surface area contributed by atoms with Crippen LogP contribution >= 0.6 is 6.34 Å². The van der Waals surface area contributed by atoms with E-state index in [2.05, 4.69) is 97.6 Å². The van der Waals surface area contributed by atoms with Crippen LogP contribution in [0.25, 0.3) is 0 Å². The zero-order chi connectivity index (χ0) is 20.8. The van der Waals surface area contributed by atoms with Crippen LogP contribution in [0.1, 0.15) is 33.3 Å². The van der Waals surface area contributed by atoms with Gasteiger partial charge in [0.1, 0.15) is 0 Å². The summed E-state index contributed by atoms with van der Waals surface area (Å²) >= 11 is 6.57. The van der Waals surface area contributed by atoms with E-state index in [4.69, 9.17) is 16.9 Å². The van der Waals surface area contributed by atoms with Gasteiger partial charge in [0, 0.05) is 36.9 Å². The lowest BCUT2D eigenvalue weighted by Crippen LogP contribution is -2.31. The molecule has 2 aliphatic heterocycles. The van der Waals surface area contributed by atoms with E-state index in [1.54, 1.807) is 0 Å². The molecule has 0 amide bonds. The Morgan fingerprint density at radius 2 is 1.62 bits per heavy atom. The number of hydrogen-bond donors (Lipinski definition) is 0. The number of hydrogen-bond acceptors (Lipinski definition) is 3. The van der Waals surface area contributed by atoms with Gasteiger partial charge in [-0.1, -0.05) is 75.9 Å². The van der Waals surface area contributed by atoms with Gasteiger partial charge in [-0.25, -0.2) is 4.78 Å². The van der Waals surface area contributed by atoms with Crippen molar-refractivity contribution in [3.8, 4) is 0 Å². The zero-order valence-corrected chi connectivity index (χ0v) is 19.5. The van der Waals surface area contributed by atoms with Gasteiger partial charge in [0.15, 0.2) is 6.34 Å². The fourth-order valence-corrected chi connectivity index (χ4v) is 9.24. The number of fused-ring (bicyclic) bond motifs is 1.